The van der Waals surface area contributed by atoms with E-state index in [1.165, 1.54) is 17.6 Å². The maximum atomic E-state index is 13.1. The molecule has 1 saturated heterocycles. The number of sulfone groups is 1. The van der Waals surface area contributed by atoms with Crippen LogP contribution in [0.2, 0.25) is 0 Å². The predicted octanol–water partition coefficient (Wildman–Crippen LogP) is 2.46. The van der Waals surface area contributed by atoms with E-state index >= 15 is 0 Å². The van der Waals surface area contributed by atoms with Gasteiger partial charge in [-0.05, 0) is 24.6 Å². The van der Waals surface area contributed by atoms with E-state index in [2.05, 4.69) is 20.2 Å². The van der Waals surface area contributed by atoms with Gasteiger partial charge in [0.1, 0.15) is 11.4 Å². The molecule has 0 aliphatic carbocycles. The molecule has 13 heteroatoms. The van der Waals surface area contributed by atoms with Crippen molar-refractivity contribution < 1.29 is 21.6 Å². The van der Waals surface area contributed by atoms with E-state index in [4.69, 9.17) is 0 Å². The van der Waals surface area contributed by atoms with Gasteiger partial charge in [-0.2, -0.15) is 22.8 Å². The fourth-order valence-electron chi connectivity index (χ4n) is 3.41. The molecule has 4 aromatic rings. The van der Waals surface area contributed by atoms with Crippen molar-refractivity contribution >= 4 is 26.9 Å². The molecule has 0 spiro atoms. The van der Waals surface area contributed by atoms with Crippen LogP contribution in [0.25, 0.3) is 22.7 Å². The van der Waals surface area contributed by atoms with E-state index in [9.17, 15) is 21.6 Å². The van der Waals surface area contributed by atoms with Crippen LogP contribution in [-0.4, -0.2) is 56.5 Å². The molecule has 162 valence electrons. The summed E-state index contributed by atoms with van der Waals surface area (Å²) >= 11 is 0. The first-order chi connectivity index (χ1) is 14.7. The number of anilines is 1. The highest BCUT2D eigenvalue weighted by atomic mass is 32.2. The zero-order valence-corrected chi connectivity index (χ0v) is 17.0. The number of rotatable bonds is 4. The van der Waals surface area contributed by atoms with Gasteiger partial charge in [0, 0.05) is 25.5 Å². The smallest absolute Gasteiger partial charge is 0.356 e. The lowest BCUT2D eigenvalue weighted by atomic mass is 10.2. The zero-order chi connectivity index (χ0) is 22.0. The molecule has 0 saturated carbocycles. The summed E-state index contributed by atoms with van der Waals surface area (Å²) in [5.74, 6) is 0.405. The molecule has 0 unspecified atom stereocenters. The molecular formula is C18H16F3N7O2S. The first-order valence-corrected chi connectivity index (χ1v) is 11.1. The second-order valence-electron chi connectivity index (χ2n) is 7.11. The van der Waals surface area contributed by atoms with Crippen molar-refractivity contribution in [1.82, 2.24) is 29.2 Å². The Morgan fingerprint density at radius 2 is 1.94 bits per heavy atom. The van der Waals surface area contributed by atoms with Crippen molar-refractivity contribution in [2.24, 2.45) is 0 Å². The van der Waals surface area contributed by atoms with Crippen molar-refractivity contribution in [3.05, 3.63) is 36.2 Å². The molecule has 31 heavy (non-hydrogen) atoms. The third kappa shape index (κ3) is 3.10. The van der Waals surface area contributed by atoms with E-state index in [0.29, 0.717) is 5.82 Å². The molecule has 5 rings (SSSR count). The van der Waals surface area contributed by atoms with Gasteiger partial charge < -0.3 is 4.90 Å². The van der Waals surface area contributed by atoms with E-state index in [1.54, 1.807) is 6.07 Å². The maximum Gasteiger partial charge on any atom is 0.416 e. The predicted molar refractivity (Wildman–Crippen MR) is 105 cm³/mol. The van der Waals surface area contributed by atoms with E-state index in [0.717, 1.165) is 42.4 Å². The molecule has 1 fully saturated rings. The third-order valence-corrected chi connectivity index (χ3v) is 6.84. The van der Waals surface area contributed by atoms with Crippen LogP contribution in [0.4, 0.5) is 19.0 Å². The Hall–Kier alpha value is -3.22. The van der Waals surface area contributed by atoms with Gasteiger partial charge in [0.25, 0.3) is 0 Å². The van der Waals surface area contributed by atoms with E-state index in [-0.39, 0.29) is 33.5 Å². The highest BCUT2D eigenvalue weighted by Crippen LogP contribution is 2.33. The second kappa shape index (κ2) is 6.64. The van der Waals surface area contributed by atoms with Crippen LogP contribution in [0.15, 0.2) is 35.6 Å². The lowest BCUT2D eigenvalue weighted by Gasteiger charge is -2.32. The standard InChI is InChI=1S/C18H16F3N7O2S/c1-2-31(29,30)17-14(16-22-6-4-13(28(16)25-17)26-7-3-8-26)15-23-12-10-11(18(19,20)21)5-9-27(12)24-15/h4-6,9-10H,2-3,7-8H2,1H3. The SMILES string of the molecule is CCS(=O)(=O)c1nn2c(N3CCC3)ccnc2c1-c1nc2cc(C(F)(F)F)ccn2n1. The normalized spacial score (nSPS) is 15.0. The summed E-state index contributed by atoms with van der Waals surface area (Å²) in [7, 11) is -3.80. The Bertz CT molecular complexity index is 1420. The third-order valence-electron chi connectivity index (χ3n) is 5.21. The van der Waals surface area contributed by atoms with Gasteiger partial charge in [-0.15, -0.1) is 5.10 Å². The van der Waals surface area contributed by atoms with Crippen molar-refractivity contribution in [2.75, 3.05) is 23.7 Å². The van der Waals surface area contributed by atoms with Crippen molar-refractivity contribution in [1.29, 1.82) is 0 Å². The zero-order valence-electron chi connectivity index (χ0n) is 16.2. The minimum Gasteiger partial charge on any atom is -0.356 e. The van der Waals surface area contributed by atoms with Crippen LogP contribution in [0.5, 0.6) is 0 Å². The maximum absolute atomic E-state index is 13.1. The number of aromatic nitrogens is 6. The Kier molecular flexibility index (Phi) is 4.22. The summed E-state index contributed by atoms with van der Waals surface area (Å²) in [6.45, 7) is 3.09. The number of nitrogens with zero attached hydrogens (tertiary/aromatic N) is 7. The molecule has 0 bridgehead atoms. The van der Waals surface area contributed by atoms with Crippen molar-refractivity contribution in [3.63, 3.8) is 0 Å². The van der Waals surface area contributed by atoms with Gasteiger partial charge in [-0.3, -0.25) is 0 Å². The van der Waals surface area contributed by atoms with Crippen LogP contribution >= 0.6 is 0 Å². The molecule has 0 atom stereocenters. The Balaban J connectivity index is 1.78. The molecule has 5 heterocycles. The topological polar surface area (TPSA) is 97.8 Å². The fourth-order valence-corrected chi connectivity index (χ4v) is 4.39. The summed E-state index contributed by atoms with van der Waals surface area (Å²) in [5, 5.41) is 8.28. The molecule has 0 radical (unpaired) electrons. The summed E-state index contributed by atoms with van der Waals surface area (Å²) in [5.41, 5.74) is -0.647. The molecule has 0 aromatic carbocycles. The Morgan fingerprint density at radius 1 is 1.16 bits per heavy atom. The summed E-state index contributed by atoms with van der Waals surface area (Å²) < 4.78 is 67.4. The molecule has 0 amide bonds. The quantitative estimate of drug-likeness (QED) is 0.470. The molecule has 0 N–H and O–H groups in total. The lowest BCUT2D eigenvalue weighted by Crippen LogP contribution is -2.38. The van der Waals surface area contributed by atoms with Crippen molar-refractivity contribution in [3.8, 4) is 11.4 Å². The van der Waals surface area contributed by atoms with Gasteiger partial charge in [-0.1, -0.05) is 6.92 Å². The summed E-state index contributed by atoms with van der Waals surface area (Å²) in [6.07, 6.45) is -0.864. The number of pyridine rings is 1. The highest BCUT2D eigenvalue weighted by Gasteiger charge is 2.33. The monoisotopic (exact) mass is 451 g/mol. The fraction of sp³-hybridized carbons (Fsp3) is 0.333. The van der Waals surface area contributed by atoms with Gasteiger partial charge in [0.05, 0.1) is 11.3 Å². The minimum absolute atomic E-state index is 0.0605. The molecular weight excluding hydrogens is 435 g/mol. The average molecular weight is 451 g/mol. The van der Waals surface area contributed by atoms with Crippen molar-refractivity contribution in [2.45, 2.75) is 24.5 Å². The van der Waals surface area contributed by atoms with Crippen LogP contribution in [-0.2, 0) is 16.0 Å². The molecule has 9 nitrogen and oxygen atoms in total. The van der Waals surface area contributed by atoms with E-state index in [1.807, 2.05) is 4.90 Å². The number of hydrogen-bond acceptors (Lipinski definition) is 7. The van der Waals surface area contributed by atoms with E-state index < -0.39 is 21.6 Å². The minimum atomic E-state index is -4.54. The van der Waals surface area contributed by atoms with Gasteiger partial charge in [-0.25, -0.2) is 22.9 Å². The van der Waals surface area contributed by atoms with Crippen LogP contribution in [0, 0.1) is 0 Å². The first kappa shape index (κ1) is 19.7. The van der Waals surface area contributed by atoms with Crippen LogP contribution < -0.4 is 4.90 Å². The largest absolute Gasteiger partial charge is 0.416 e. The van der Waals surface area contributed by atoms with Gasteiger partial charge >= 0.3 is 6.18 Å². The number of fused-ring (bicyclic) bond motifs is 2. The Labute approximate surface area is 174 Å². The number of hydrogen-bond donors (Lipinski definition) is 0. The number of halogens is 3. The van der Waals surface area contributed by atoms with Crippen LogP contribution in [0.3, 0.4) is 0 Å². The second-order valence-corrected chi connectivity index (χ2v) is 9.31. The Morgan fingerprint density at radius 3 is 2.58 bits per heavy atom. The first-order valence-electron chi connectivity index (χ1n) is 9.48. The highest BCUT2D eigenvalue weighted by molar-refractivity contribution is 7.91. The lowest BCUT2D eigenvalue weighted by molar-refractivity contribution is -0.137. The molecule has 1 aliphatic rings. The average Bonchev–Trinajstić information content (AvgIpc) is 3.27. The summed E-state index contributed by atoms with van der Waals surface area (Å²) in [6, 6.07) is 3.47. The van der Waals surface area contributed by atoms with Gasteiger partial charge in [0.2, 0.25) is 0 Å². The van der Waals surface area contributed by atoms with Gasteiger partial charge in [0.15, 0.2) is 32.0 Å². The number of alkyl halides is 3. The summed E-state index contributed by atoms with van der Waals surface area (Å²) in [4.78, 5) is 10.5. The molecule has 4 aromatic heterocycles. The molecule has 1 aliphatic heterocycles. The van der Waals surface area contributed by atoms with Crippen LogP contribution in [0.1, 0.15) is 18.9 Å².